The van der Waals surface area contributed by atoms with Crippen LogP contribution in [0.4, 0.5) is 0 Å². The van der Waals surface area contributed by atoms with E-state index in [1.165, 1.54) is 0 Å². The maximum absolute atomic E-state index is 5.03. The van der Waals surface area contributed by atoms with Crippen molar-refractivity contribution in [2.75, 3.05) is 14.2 Å². The molecular weight excluding hydrogens is 160 g/mol. The molecule has 0 amide bonds. The number of hydrogen-bond donors (Lipinski definition) is 0. The Morgan fingerprint density at radius 2 is 1.67 bits per heavy atom. The summed E-state index contributed by atoms with van der Waals surface area (Å²) in [6, 6.07) is 0. The Morgan fingerprint density at radius 3 is 1.67 bits per heavy atom. The van der Waals surface area contributed by atoms with Gasteiger partial charge >= 0.3 is 46.3 Å². The molecule has 0 aliphatic heterocycles. The Labute approximate surface area is 87.5 Å². The molecule has 0 rings (SSSR count). The Morgan fingerprint density at radius 1 is 1.33 bits per heavy atom. The third-order valence-corrected chi connectivity index (χ3v) is 3.54. The molecule has 0 heterocycles. The van der Waals surface area contributed by atoms with Gasteiger partial charge in [0.1, 0.15) is 0 Å². The van der Waals surface area contributed by atoms with E-state index < -0.39 is 8.56 Å². The van der Waals surface area contributed by atoms with Crippen LogP contribution in [0.3, 0.4) is 0 Å². The van der Waals surface area contributed by atoms with E-state index in [9.17, 15) is 0 Å². The first-order valence-electron chi connectivity index (χ1n) is 2.42. The third kappa shape index (κ3) is 4.53. The summed E-state index contributed by atoms with van der Waals surface area (Å²) in [5.74, 6) is 0. The molecule has 2 nitrogen and oxygen atoms in total. The van der Waals surface area contributed by atoms with Gasteiger partial charge in [-0.15, -0.1) is 6.58 Å². The Hall–Kier alpha value is 1.14. The molecule has 0 spiro atoms. The van der Waals surface area contributed by atoms with Crippen LogP contribution in [0.1, 0.15) is 0 Å². The minimum absolute atomic E-state index is 0. The second-order valence-electron chi connectivity index (χ2n) is 1.63. The van der Waals surface area contributed by atoms with Crippen LogP contribution in [0, 0.1) is 0 Å². The van der Waals surface area contributed by atoms with Crippen LogP contribution < -0.4 is 0 Å². The van der Waals surface area contributed by atoms with Gasteiger partial charge in [0, 0.05) is 14.2 Å². The molecular formula is C5H14CaO2Si. The summed E-state index contributed by atoms with van der Waals surface area (Å²) in [5.41, 5.74) is 1.74. The molecule has 0 bridgehead atoms. The zero-order valence-corrected chi connectivity index (χ0v) is 6.60. The average molecular weight is 174 g/mol. The Balaban J connectivity index is 0. The summed E-state index contributed by atoms with van der Waals surface area (Å²) in [4.78, 5) is 0. The maximum atomic E-state index is 5.03. The van der Waals surface area contributed by atoms with E-state index in [0.29, 0.717) is 0 Å². The third-order valence-electron chi connectivity index (χ3n) is 1.18. The molecule has 0 fully saturated rings. The molecule has 0 atom stereocenters. The molecule has 52 valence electrons. The molecule has 0 saturated heterocycles. The van der Waals surface area contributed by atoms with E-state index >= 15 is 0 Å². The van der Waals surface area contributed by atoms with Gasteiger partial charge in [0.05, 0.1) is 0 Å². The Bertz CT molecular complexity index is 83.0. The molecule has 0 unspecified atom stereocenters. The fraction of sp³-hybridized carbons (Fsp3) is 0.600. The van der Waals surface area contributed by atoms with Crippen molar-refractivity contribution >= 4 is 46.3 Å². The summed E-state index contributed by atoms with van der Waals surface area (Å²) < 4.78 is 10.1. The van der Waals surface area contributed by atoms with Crippen LogP contribution in [-0.4, -0.2) is 60.5 Å². The van der Waals surface area contributed by atoms with Crippen molar-refractivity contribution in [3.63, 3.8) is 0 Å². The van der Waals surface area contributed by atoms with Gasteiger partial charge < -0.3 is 8.85 Å². The van der Waals surface area contributed by atoms with Crippen molar-refractivity contribution in [2.24, 2.45) is 0 Å². The fourth-order valence-corrected chi connectivity index (χ4v) is 0.750. The first-order chi connectivity index (χ1) is 3.68. The van der Waals surface area contributed by atoms with Crippen LogP contribution in [0.15, 0.2) is 12.3 Å². The van der Waals surface area contributed by atoms with Gasteiger partial charge in [0.25, 0.3) is 0 Å². The van der Waals surface area contributed by atoms with E-state index in [2.05, 4.69) is 6.58 Å². The first-order valence-corrected chi connectivity index (χ1v) is 4.82. The van der Waals surface area contributed by atoms with Crippen molar-refractivity contribution in [3.05, 3.63) is 12.3 Å². The molecule has 0 aromatic rings. The van der Waals surface area contributed by atoms with E-state index in [-0.39, 0.29) is 37.7 Å². The van der Waals surface area contributed by atoms with E-state index in [0.717, 1.165) is 0 Å². The second-order valence-corrected chi connectivity index (χ2v) is 4.88. The molecule has 0 radical (unpaired) electrons. The predicted octanol–water partition coefficient (Wildman–Crippen LogP) is 0.160. The summed E-state index contributed by atoms with van der Waals surface area (Å²) in [6.07, 6.45) is 0. The monoisotopic (exact) mass is 174 g/mol. The predicted molar refractivity (Wildman–Crippen MR) is 44.4 cm³/mol. The van der Waals surface area contributed by atoms with Gasteiger partial charge in [-0.25, -0.2) is 0 Å². The van der Waals surface area contributed by atoms with Crippen molar-refractivity contribution in [2.45, 2.75) is 6.55 Å². The SMILES string of the molecule is C=C[Si](C)(OC)OC.[CaH2]. The van der Waals surface area contributed by atoms with Crippen LogP contribution in [0.25, 0.3) is 0 Å². The van der Waals surface area contributed by atoms with Crippen LogP contribution in [0.5, 0.6) is 0 Å². The first kappa shape index (κ1) is 12.8. The van der Waals surface area contributed by atoms with E-state index in [1.54, 1.807) is 19.9 Å². The van der Waals surface area contributed by atoms with Gasteiger partial charge in [0.15, 0.2) is 0 Å². The molecule has 4 heteroatoms. The van der Waals surface area contributed by atoms with Crippen LogP contribution >= 0.6 is 0 Å². The zero-order chi connectivity index (χ0) is 6.62. The normalized spacial score (nSPS) is 10.1. The van der Waals surface area contributed by atoms with E-state index in [1.807, 2.05) is 6.55 Å². The van der Waals surface area contributed by atoms with E-state index in [4.69, 9.17) is 8.85 Å². The van der Waals surface area contributed by atoms with Crippen LogP contribution in [-0.2, 0) is 8.85 Å². The standard InChI is InChI=1S/C5H12O2Si.Ca.2H/c1-5-8(4,6-2)7-3;;;/h5H,1H2,2-4H3;;;. The molecule has 0 aliphatic carbocycles. The fourth-order valence-electron chi connectivity index (χ4n) is 0.250. The second kappa shape index (κ2) is 5.89. The molecule has 9 heavy (non-hydrogen) atoms. The van der Waals surface area contributed by atoms with Crippen molar-refractivity contribution in [1.82, 2.24) is 0 Å². The molecule has 0 aliphatic rings. The van der Waals surface area contributed by atoms with Gasteiger partial charge in [-0.05, 0) is 12.2 Å². The van der Waals surface area contributed by atoms with Gasteiger partial charge in [0.2, 0.25) is 0 Å². The van der Waals surface area contributed by atoms with Crippen molar-refractivity contribution in [3.8, 4) is 0 Å². The van der Waals surface area contributed by atoms with Gasteiger partial charge in [-0.1, -0.05) is 0 Å². The molecule has 0 aromatic carbocycles. The summed E-state index contributed by atoms with van der Waals surface area (Å²) in [5, 5.41) is 0. The average Bonchev–Trinajstić information content (AvgIpc) is 1.87. The summed E-state index contributed by atoms with van der Waals surface area (Å²) in [6.45, 7) is 5.52. The zero-order valence-electron chi connectivity index (χ0n) is 5.60. The minimum atomic E-state index is -1.91. The molecule has 0 saturated carbocycles. The molecule has 0 aromatic heterocycles. The summed E-state index contributed by atoms with van der Waals surface area (Å²) >= 11 is 0. The molecule has 0 N–H and O–H groups in total. The quantitative estimate of drug-likeness (QED) is 0.568. The van der Waals surface area contributed by atoms with Gasteiger partial charge in [-0.2, -0.15) is 0 Å². The van der Waals surface area contributed by atoms with Crippen LogP contribution in [0.2, 0.25) is 6.55 Å². The number of hydrogen-bond acceptors (Lipinski definition) is 2. The number of rotatable bonds is 3. The van der Waals surface area contributed by atoms with Gasteiger partial charge in [-0.3, -0.25) is 0 Å². The van der Waals surface area contributed by atoms with Crippen molar-refractivity contribution < 1.29 is 8.85 Å². The summed E-state index contributed by atoms with van der Waals surface area (Å²) in [7, 11) is 1.37. The Kier molecular flexibility index (Phi) is 8.36. The topological polar surface area (TPSA) is 18.5 Å². The van der Waals surface area contributed by atoms with Crippen molar-refractivity contribution in [1.29, 1.82) is 0 Å².